The molecule has 0 amide bonds. The zero-order chi connectivity index (χ0) is 8.55. The van der Waals surface area contributed by atoms with Crippen LogP contribution in [0, 0.1) is 0 Å². The largest absolute Gasteiger partial charge is 0.463 e. The SMILES string of the molecule is NCc1coc2c(Br)cccc12. The minimum Gasteiger partial charge on any atom is -0.463 e. The standard InChI is InChI=1S/C9H8BrNO/c10-8-3-1-2-7-6(4-11)5-12-9(7)8/h1-3,5H,4,11H2. The Labute approximate surface area is 78.5 Å². The van der Waals surface area contributed by atoms with Gasteiger partial charge in [0, 0.05) is 17.5 Å². The Hall–Kier alpha value is -0.800. The van der Waals surface area contributed by atoms with Gasteiger partial charge in [-0.3, -0.25) is 0 Å². The molecule has 2 rings (SSSR count). The molecule has 0 spiro atoms. The van der Waals surface area contributed by atoms with E-state index < -0.39 is 0 Å². The fraction of sp³-hybridized carbons (Fsp3) is 0.111. The van der Waals surface area contributed by atoms with E-state index in [1.807, 2.05) is 18.2 Å². The first kappa shape index (κ1) is 7.83. The third kappa shape index (κ3) is 1.06. The number of rotatable bonds is 1. The van der Waals surface area contributed by atoms with Crippen molar-refractivity contribution in [3.05, 3.63) is 34.5 Å². The Morgan fingerprint density at radius 2 is 2.25 bits per heavy atom. The highest BCUT2D eigenvalue weighted by atomic mass is 79.9. The van der Waals surface area contributed by atoms with E-state index in [0.29, 0.717) is 6.54 Å². The van der Waals surface area contributed by atoms with Crippen LogP contribution in [0.4, 0.5) is 0 Å². The molecule has 0 bridgehead atoms. The number of hydrogen-bond donors (Lipinski definition) is 1. The van der Waals surface area contributed by atoms with Crippen molar-refractivity contribution in [2.24, 2.45) is 5.73 Å². The van der Waals surface area contributed by atoms with Gasteiger partial charge in [-0.05, 0) is 22.0 Å². The second-order valence-electron chi connectivity index (χ2n) is 2.58. The van der Waals surface area contributed by atoms with Gasteiger partial charge in [0.25, 0.3) is 0 Å². The van der Waals surface area contributed by atoms with Gasteiger partial charge in [-0.25, -0.2) is 0 Å². The van der Waals surface area contributed by atoms with E-state index in [2.05, 4.69) is 15.9 Å². The third-order valence-electron chi connectivity index (χ3n) is 1.85. The summed E-state index contributed by atoms with van der Waals surface area (Å²) < 4.78 is 6.32. The van der Waals surface area contributed by atoms with Gasteiger partial charge in [0.05, 0.1) is 10.7 Å². The molecule has 0 saturated carbocycles. The third-order valence-corrected chi connectivity index (χ3v) is 2.48. The average Bonchev–Trinajstić information content (AvgIpc) is 2.49. The van der Waals surface area contributed by atoms with Crippen LogP contribution in [0.3, 0.4) is 0 Å². The summed E-state index contributed by atoms with van der Waals surface area (Å²) in [5, 5.41) is 1.09. The Balaban J connectivity index is 2.80. The van der Waals surface area contributed by atoms with Crippen molar-refractivity contribution in [1.82, 2.24) is 0 Å². The van der Waals surface area contributed by atoms with Crippen molar-refractivity contribution >= 4 is 26.9 Å². The van der Waals surface area contributed by atoms with Gasteiger partial charge in [0.15, 0.2) is 0 Å². The minimum absolute atomic E-state index is 0.517. The molecule has 1 aromatic carbocycles. The van der Waals surface area contributed by atoms with Gasteiger partial charge >= 0.3 is 0 Å². The summed E-state index contributed by atoms with van der Waals surface area (Å²) in [7, 11) is 0. The van der Waals surface area contributed by atoms with Crippen molar-refractivity contribution in [2.75, 3.05) is 0 Å². The van der Waals surface area contributed by atoms with Crippen molar-refractivity contribution in [3.63, 3.8) is 0 Å². The molecule has 1 aromatic heterocycles. The van der Waals surface area contributed by atoms with E-state index in [1.54, 1.807) is 6.26 Å². The number of furan rings is 1. The van der Waals surface area contributed by atoms with Gasteiger partial charge in [0.1, 0.15) is 5.58 Å². The lowest BCUT2D eigenvalue weighted by Gasteiger charge is -1.92. The van der Waals surface area contributed by atoms with Crippen LogP contribution >= 0.6 is 15.9 Å². The molecule has 0 fully saturated rings. The minimum atomic E-state index is 0.517. The summed E-state index contributed by atoms with van der Waals surface area (Å²) in [4.78, 5) is 0. The lowest BCUT2D eigenvalue weighted by molar-refractivity contribution is 0.609. The van der Waals surface area contributed by atoms with Gasteiger partial charge in [-0.15, -0.1) is 0 Å². The molecule has 0 atom stereocenters. The number of benzene rings is 1. The van der Waals surface area contributed by atoms with E-state index in [4.69, 9.17) is 10.2 Å². The maximum absolute atomic E-state index is 5.54. The molecule has 0 aliphatic heterocycles. The summed E-state index contributed by atoms with van der Waals surface area (Å²) >= 11 is 3.40. The van der Waals surface area contributed by atoms with Gasteiger partial charge in [-0.2, -0.15) is 0 Å². The second-order valence-corrected chi connectivity index (χ2v) is 3.44. The van der Waals surface area contributed by atoms with Gasteiger partial charge in [0.2, 0.25) is 0 Å². The second kappa shape index (κ2) is 2.92. The van der Waals surface area contributed by atoms with E-state index in [1.165, 1.54) is 0 Å². The molecule has 2 nitrogen and oxygen atoms in total. The van der Waals surface area contributed by atoms with Crippen molar-refractivity contribution in [2.45, 2.75) is 6.54 Å². The molecule has 0 unspecified atom stereocenters. The zero-order valence-electron chi connectivity index (χ0n) is 6.38. The van der Waals surface area contributed by atoms with Crippen LogP contribution in [0.2, 0.25) is 0 Å². The molecule has 0 saturated heterocycles. The highest BCUT2D eigenvalue weighted by Gasteiger charge is 2.05. The smallest absolute Gasteiger partial charge is 0.148 e. The van der Waals surface area contributed by atoms with Gasteiger partial charge < -0.3 is 10.2 Å². The summed E-state index contributed by atoms with van der Waals surface area (Å²) in [6, 6.07) is 5.93. The number of nitrogens with two attached hydrogens (primary N) is 1. The van der Waals surface area contributed by atoms with Crippen molar-refractivity contribution in [3.8, 4) is 0 Å². The Morgan fingerprint density at radius 1 is 1.42 bits per heavy atom. The van der Waals surface area contributed by atoms with Crippen LogP contribution in [-0.2, 0) is 6.54 Å². The van der Waals surface area contributed by atoms with E-state index in [0.717, 1.165) is 21.0 Å². The molecule has 1 heterocycles. The highest BCUT2D eigenvalue weighted by molar-refractivity contribution is 9.10. The molecular formula is C9H8BrNO. The van der Waals surface area contributed by atoms with Crippen LogP contribution in [0.1, 0.15) is 5.56 Å². The Morgan fingerprint density at radius 3 is 3.00 bits per heavy atom. The van der Waals surface area contributed by atoms with E-state index in [-0.39, 0.29) is 0 Å². The van der Waals surface area contributed by atoms with Crippen molar-refractivity contribution < 1.29 is 4.42 Å². The number of halogens is 1. The van der Waals surface area contributed by atoms with Crippen LogP contribution in [0.15, 0.2) is 33.4 Å². The quantitative estimate of drug-likeness (QED) is 0.811. The summed E-state index contributed by atoms with van der Waals surface area (Å²) in [6.07, 6.45) is 1.70. The Bertz CT molecular complexity index is 408. The van der Waals surface area contributed by atoms with Crippen molar-refractivity contribution in [1.29, 1.82) is 0 Å². The number of fused-ring (bicyclic) bond motifs is 1. The number of hydrogen-bond acceptors (Lipinski definition) is 2. The summed E-state index contributed by atoms with van der Waals surface area (Å²) in [6.45, 7) is 0.517. The lowest BCUT2D eigenvalue weighted by atomic mass is 10.2. The maximum Gasteiger partial charge on any atom is 0.148 e. The first-order chi connectivity index (χ1) is 5.83. The monoisotopic (exact) mass is 225 g/mol. The Kier molecular flexibility index (Phi) is 1.90. The number of para-hydroxylation sites is 1. The summed E-state index contributed by atoms with van der Waals surface area (Å²) in [5.74, 6) is 0. The van der Waals surface area contributed by atoms with Crippen LogP contribution in [0.25, 0.3) is 11.0 Å². The highest BCUT2D eigenvalue weighted by Crippen LogP contribution is 2.27. The zero-order valence-corrected chi connectivity index (χ0v) is 7.97. The maximum atomic E-state index is 5.54. The average molecular weight is 226 g/mol. The normalized spacial score (nSPS) is 10.8. The predicted molar refractivity (Wildman–Crippen MR) is 51.8 cm³/mol. The molecule has 3 heteroatoms. The molecule has 2 aromatic rings. The van der Waals surface area contributed by atoms with E-state index in [9.17, 15) is 0 Å². The predicted octanol–water partition coefficient (Wildman–Crippen LogP) is 2.65. The summed E-state index contributed by atoms with van der Waals surface area (Å²) in [5.41, 5.74) is 7.46. The van der Waals surface area contributed by atoms with Gasteiger partial charge in [-0.1, -0.05) is 12.1 Å². The lowest BCUT2D eigenvalue weighted by Crippen LogP contribution is -1.93. The fourth-order valence-electron chi connectivity index (χ4n) is 1.23. The van der Waals surface area contributed by atoms with E-state index >= 15 is 0 Å². The molecule has 62 valence electrons. The fourth-order valence-corrected chi connectivity index (χ4v) is 1.69. The topological polar surface area (TPSA) is 39.2 Å². The first-order valence-corrected chi connectivity index (χ1v) is 4.47. The molecule has 2 N–H and O–H groups in total. The molecule has 0 aliphatic rings. The molecule has 0 aliphatic carbocycles. The van der Waals surface area contributed by atoms with Crippen LogP contribution in [-0.4, -0.2) is 0 Å². The molecule has 12 heavy (non-hydrogen) atoms. The van der Waals surface area contributed by atoms with Crippen LogP contribution < -0.4 is 5.73 Å². The molecular weight excluding hydrogens is 218 g/mol. The first-order valence-electron chi connectivity index (χ1n) is 3.67. The van der Waals surface area contributed by atoms with Crippen LogP contribution in [0.5, 0.6) is 0 Å². The molecule has 0 radical (unpaired) electrons.